The van der Waals surface area contributed by atoms with E-state index >= 15 is 0 Å². The van der Waals surface area contributed by atoms with Crippen molar-refractivity contribution in [1.29, 1.82) is 0 Å². The van der Waals surface area contributed by atoms with Crippen LogP contribution in [0.4, 0.5) is 4.39 Å². The molecule has 0 radical (unpaired) electrons. The molecular weight excluding hydrogens is 289 g/mol. The predicted octanol–water partition coefficient (Wildman–Crippen LogP) is 1.79. The Morgan fingerprint density at radius 2 is 2.05 bits per heavy atom. The number of imidazole rings is 1. The molecule has 2 aromatic heterocycles. The smallest absolute Gasteiger partial charge is 0.328 e. The van der Waals surface area contributed by atoms with Crippen LogP contribution in [0.15, 0.2) is 24.4 Å². The Labute approximate surface area is 127 Å². The number of hydrogen-bond acceptors (Lipinski definition) is 4. The molecule has 0 aromatic carbocycles. The molecular formula is C15H18FN3O3. The van der Waals surface area contributed by atoms with E-state index in [9.17, 15) is 14.0 Å². The van der Waals surface area contributed by atoms with Gasteiger partial charge in [0.2, 0.25) is 5.95 Å². The van der Waals surface area contributed by atoms with Crippen molar-refractivity contribution in [3.8, 4) is 0 Å². The summed E-state index contributed by atoms with van der Waals surface area (Å²) in [5.74, 6) is -2.12. The molecule has 22 heavy (non-hydrogen) atoms. The SMILES string of the molecule is COC(=O)[C@@H](NC(=O)c1nc2ccccn2c1F)C(C)(C)C. The van der Waals surface area contributed by atoms with Crippen molar-refractivity contribution in [2.24, 2.45) is 5.41 Å². The summed E-state index contributed by atoms with van der Waals surface area (Å²) in [5.41, 5.74) is -0.627. The Morgan fingerprint density at radius 3 is 2.59 bits per heavy atom. The van der Waals surface area contributed by atoms with E-state index in [2.05, 4.69) is 10.3 Å². The minimum atomic E-state index is -0.908. The molecule has 0 bridgehead atoms. The van der Waals surface area contributed by atoms with E-state index in [0.717, 1.165) is 0 Å². The number of fused-ring (bicyclic) bond motifs is 1. The van der Waals surface area contributed by atoms with Gasteiger partial charge in [0.05, 0.1) is 7.11 Å². The summed E-state index contributed by atoms with van der Waals surface area (Å²) in [6.07, 6.45) is 1.47. The lowest BCUT2D eigenvalue weighted by molar-refractivity contribution is -0.145. The normalized spacial score (nSPS) is 13.0. The molecule has 2 rings (SSSR count). The highest BCUT2D eigenvalue weighted by Gasteiger charge is 2.35. The van der Waals surface area contributed by atoms with Gasteiger partial charge in [0.25, 0.3) is 5.91 Å². The van der Waals surface area contributed by atoms with Crippen LogP contribution in [-0.2, 0) is 9.53 Å². The van der Waals surface area contributed by atoms with Gasteiger partial charge in [-0.1, -0.05) is 26.8 Å². The number of aromatic nitrogens is 2. The van der Waals surface area contributed by atoms with Crippen LogP contribution < -0.4 is 5.32 Å². The number of halogens is 1. The Hall–Kier alpha value is -2.44. The van der Waals surface area contributed by atoms with Crippen molar-refractivity contribution in [3.05, 3.63) is 36.0 Å². The van der Waals surface area contributed by atoms with E-state index in [-0.39, 0.29) is 5.69 Å². The number of nitrogens with zero attached hydrogens (tertiary/aromatic N) is 2. The first-order valence-corrected chi connectivity index (χ1v) is 6.77. The summed E-state index contributed by atoms with van der Waals surface area (Å²) < 4.78 is 20.1. The number of pyridine rings is 1. The fourth-order valence-corrected chi connectivity index (χ4v) is 2.06. The molecule has 1 atom stereocenters. The first-order chi connectivity index (χ1) is 10.3. The van der Waals surface area contributed by atoms with Gasteiger partial charge in [-0.3, -0.25) is 9.20 Å². The number of carbonyl (C=O) groups excluding carboxylic acids is 2. The summed E-state index contributed by atoms with van der Waals surface area (Å²) in [4.78, 5) is 28.1. The van der Waals surface area contributed by atoms with Crippen molar-refractivity contribution >= 4 is 17.5 Å². The van der Waals surface area contributed by atoms with Gasteiger partial charge in [-0.05, 0) is 17.5 Å². The predicted molar refractivity (Wildman–Crippen MR) is 77.9 cm³/mol. The van der Waals surface area contributed by atoms with Gasteiger partial charge >= 0.3 is 5.97 Å². The van der Waals surface area contributed by atoms with Crippen molar-refractivity contribution in [1.82, 2.24) is 14.7 Å². The Balaban J connectivity index is 2.33. The highest BCUT2D eigenvalue weighted by atomic mass is 19.1. The summed E-state index contributed by atoms with van der Waals surface area (Å²) in [5, 5.41) is 2.50. The van der Waals surface area contributed by atoms with E-state index < -0.39 is 29.3 Å². The van der Waals surface area contributed by atoms with E-state index in [1.54, 1.807) is 39.0 Å². The van der Waals surface area contributed by atoms with Crippen LogP contribution in [-0.4, -0.2) is 34.4 Å². The summed E-state index contributed by atoms with van der Waals surface area (Å²) in [6, 6.07) is 4.00. The monoisotopic (exact) mass is 307 g/mol. The first-order valence-electron chi connectivity index (χ1n) is 6.77. The van der Waals surface area contributed by atoms with Gasteiger partial charge in [-0.15, -0.1) is 0 Å². The second kappa shape index (κ2) is 5.75. The van der Waals surface area contributed by atoms with Crippen molar-refractivity contribution in [3.63, 3.8) is 0 Å². The maximum absolute atomic E-state index is 14.2. The minimum Gasteiger partial charge on any atom is -0.467 e. The maximum atomic E-state index is 14.2. The lowest BCUT2D eigenvalue weighted by Crippen LogP contribution is -2.49. The number of nitrogens with one attached hydrogen (secondary N) is 1. The Morgan fingerprint density at radius 1 is 1.36 bits per heavy atom. The third kappa shape index (κ3) is 2.93. The fourth-order valence-electron chi connectivity index (χ4n) is 2.06. The molecule has 0 saturated carbocycles. The fraction of sp³-hybridized carbons (Fsp3) is 0.400. The zero-order valence-electron chi connectivity index (χ0n) is 12.9. The maximum Gasteiger partial charge on any atom is 0.328 e. The molecule has 0 fully saturated rings. The van der Waals surface area contributed by atoms with E-state index in [0.29, 0.717) is 5.65 Å². The average Bonchev–Trinajstić information content (AvgIpc) is 2.80. The molecule has 2 heterocycles. The van der Waals surface area contributed by atoms with Gasteiger partial charge in [0.15, 0.2) is 5.69 Å². The largest absolute Gasteiger partial charge is 0.467 e. The molecule has 7 heteroatoms. The van der Waals surface area contributed by atoms with Gasteiger partial charge < -0.3 is 10.1 Å². The summed E-state index contributed by atoms with van der Waals surface area (Å²) in [7, 11) is 1.23. The molecule has 0 aliphatic heterocycles. The molecule has 6 nitrogen and oxygen atoms in total. The van der Waals surface area contributed by atoms with Crippen molar-refractivity contribution < 1.29 is 18.7 Å². The Kier molecular flexibility index (Phi) is 4.16. The van der Waals surface area contributed by atoms with Crippen LogP contribution >= 0.6 is 0 Å². The summed E-state index contributed by atoms with van der Waals surface area (Å²) in [6.45, 7) is 5.32. The second-order valence-corrected chi connectivity index (χ2v) is 5.98. The highest BCUT2D eigenvalue weighted by molar-refractivity contribution is 5.96. The minimum absolute atomic E-state index is 0.315. The third-order valence-electron chi connectivity index (χ3n) is 3.27. The first kappa shape index (κ1) is 15.9. The zero-order valence-corrected chi connectivity index (χ0v) is 12.9. The lowest BCUT2D eigenvalue weighted by Gasteiger charge is -2.28. The van der Waals surface area contributed by atoms with Crippen LogP contribution in [0.1, 0.15) is 31.3 Å². The average molecular weight is 307 g/mol. The molecule has 118 valence electrons. The number of amides is 1. The van der Waals surface area contributed by atoms with Crippen LogP contribution in [0.2, 0.25) is 0 Å². The molecule has 1 N–H and O–H groups in total. The van der Waals surface area contributed by atoms with Crippen LogP contribution in [0, 0.1) is 11.4 Å². The van der Waals surface area contributed by atoms with E-state index in [1.165, 1.54) is 17.7 Å². The molecule has 2 aromatic rings. The second-order valence-electron chi connectivity index (χ2n) is 5.98. The lowest BCUT2D eigenvalue weighted by atomic mass is 9.86. The van der Waals surface area contributed by atoms with E-state index in [1.807, 2.05) is 0 Å². The zero-order chi connectivity index (χ0) is 16.5. The van der Waals surface area contributed by atoms with Gasteiger partial charge in [0.1, 0.15) is 11.7 Å². The quantitative estimate of drug-likeness (QED) is 0.878. The van der Waals surface area contributed by atoms with Gasteiger partial charge in [0, 0.05) is 6.20 Å². The molecule has 0 aliphatic rings. The number of methoxy groups -OCH3 is 1. The summed E-state index contributed by atoms with van der Waals surface area (Å²) >= 11 is 0. The van der Waals surface area contributed by atoms with Crippen molar-refractivity contribution in [2.75, 3.05) is 7.11 Å². The highest BCUT2D eigenvalue weighted by Crippen LogP contribution is 2.21. The number of esters is 1. The molecule has 0 unspecified atom stereocenters. The topological polar surface area (TPSA) is 72.7 Å². The number of hydrogen-bond donors (Lipinski definition) is 1. The molecule has 0 aliphatic carbocycles. The van der Waals surface area contributed by atoms with E-state index in [4.69, 9.17) is 4.74 Å². The van der Waals surface area contributed by atoms with Gasteiger partial charge in [-0.25, -0.2) is 9.78 Å². The van der Waals surface area contributed by atoms with Crippen molar-refractivity contribution in [2.45, 2.75) is 26.8 Å². The molecule has 0 spiro atoms. The number of rotatable bonds is 3. The number of carbonyl (C=O) groups is 2. The van der Waals surface area contributed by atoms with Gasteiger partial charge in [-0.2, -0.15) is 4.39 Å². The third-order valence-corrected chi connectivity index (χ3v) is 3.27. The van der Waals surface area contributed by atoms with Crippen LogP contribution in [0.5, 0.6) is 0 Å². The van der Waals surface area contributed by atoms with Crippen LogP contribution in [0.3, 0.4) is 0 Å². The number of ether oxygens (including phenoxy) is 1. The molecule has 1 amide bonds. The van der Waals surface area contributed by atoms with Crippen LogP contribution in [0.25, 0.3) is 5.65 Å². The standard InChI is InChI=1S/C15H18FN3O3/c1-15(2,3)11(14(21)22-4)18-13(20)10-12(16)19-8-6-5-7-9(19)17-10/h5-8,11H,1-4H3,(H,18,20)/t11-/m1/s1. The molecule has 0 saturated heterocycles. The Bertz CT molecular complexity index is 718.